The van der Waals surface area contributed by atoms with Gasteiger partial charge in [0.15, 0.2) is 0 Å². The molecule has 3 aromatic rings. The van der Waals surface area contributed by atoms with E-state index in [1.54, 1.807) is 19.1 Å². The molecule has 0 bridgehead atoms. The lowest BCUT2D eigenvalue weighted by Crippen LogP contribution is -2.37. The first kappa shape index (κ1) is 35.1. The fraction of sp³-hybridized carbons (Fsp3) is 0.233. The number of carboxylic acid groups (broad SMARTS) is 3. The third-order valence-corrected chi connectivity index (χ3v) is 7.81. The second kappa shape index (κ2) is 15.4. The van der Waals surface area contributed by atoms with Gasteiger partial charge in [-0.05, 0) is 85.0 Å². The van der Waals surface area contributed by atoms with E-state index >= 15 is 0 Å². The van der Waals surface area contributed by atoms with E-state index < -0.39 is 57.6 Å². The average Bonchev–Trinajstić information content (AvgIpc) is 2.96. The Hall–Kier alpha value is -5.08. The van der Waals surface area contributed by atoms with E-state index in [0.29, 0.717) is 23.0 Å². The minimum absolute atomic E-state index is 0.149. The van der Waals surface area contributed by atoms with E-state index in [0.717, 1.165) is 30.2 Å². The molecule has 234 valence electrons. The van der Waals surface area contributed by atoms with Gasteiger partial charge in [-0.15, -0.1) is 0 Å². The summed E-state index contributed by atoms with van der Waals surface area (Å²) in [5.41, 5.74) is 3.27. The molecule has 3 rings (SSSR count). The van der Waals surface area contributed by atoms with Crippen LogP contribution in [0.25, 0.3) is 0 Å². The van der Waals surface area contributed by atoms with Crippen molar-refractivity contribution in [2.24, 2.45) is 0 Å². The molecule has 1 amide bonds. The lowest BCUT2D eigenvalue weighted by Gasteiger charge is -2.13. The van der Waals surface area contributed by atoms with Crippen molar-refractivity contribution >= 4 is 40.1 Å². The highest BCUT2D eigenvalue weighted by Gasteiger charge is 2.20. The van der Waals surface area contributed by atoms with Gasteiger partial charge in [0.1, 0.15) is 17.6 Å². The van der Waals surface area contributed by atoms with Crippen LogP contribution in [0.15, 0.2) is 59.5 Å². The van der Waals surface area contributed by atoms with Crippen LogP contribution in [0.4, 0.5) is 0 Å². The number of aldehydes is 1. The quantitative estimate of drug-likeness (QED) is 0.160. The van der Waals surface area contributed by atoms with Crippen LogP contribution in [0.2, 0.25) is 0 Å². The molecule has 0 fully saturated rings. The Bertz CT molecular complexity index is 1680. The number of nitrogens with one attached hydrogen (secondary N) is 2. The maximum atomic E-state index is 12.5. The van der Waals surface area contributed by atoms with Crippen molar-refractivity contribution in [1.29, 1.82) is 0 Å². The standard InChI is InChI=1S/C20H20N2O9S.C10H12O2/c1-11-6-12(19(27)22-14(10-23)7-18(25)26)2-3-13(11)9-21-32(30,31)15-4-5-17(24)16(8-15)20(28)29;1-3-8-4-5-9(10(11)12)6-7(8)2/h2-6,8,10,14,21,24H,7,9H2,1H3,(H,22,27)(H,25,26)(H,28,29);4-6H,3H2,1-2H3,(H,11,12)/t14-;/m0./s1. The van der Waals surface area contributed by atoms with Crippen molar-refractivity contribution in [2.45, 2.75) is 51.1 Å². The number of sulfonamides is 1. The van der Waals surface area contributed by atoms with Gasteiger partial charge in [-0.1, -0.05) is 19.1 Å². The molecule has 0 saturated carbocycles. The van der Waals surface area contributed by atoms with Gasteiger partial charge < -0.3 is 30.5 Å². The minimum atomic E-state index is -4.10. The number of benzene rings is 3. The Balaban J connectivity index is 0.000000469. The molecule has 14 heteroatoms. The monoisotopic (exact) mass is 628 g/mol. The largest absolute Gasteiger partial charge is 0.507 e. The van der Waals surface area contributed by atoms with Gasteiger partial charge in [0.25, 0.3) is 5.91 Å². The van der Waals surface area contributed by atoms with E-state index in [1.165, 1.54) is 23.8 Å². The number of aliphatic carboxylic acids is 1. The Morgan fingerprint density at radius 3 is 1.95 bits per heavy atom. The molecule has 0 aliphatic carbocycles. The fourth-order valence-electron chi connectivity index (χ4n) is 3.94. The van der Waals surface area contributed by atoms with Crippen LogP contribution >= 0.6 is 0 Å². The van der Waals surface area contributed by atoms with Crippen LogP contribution in [-0.2, 0) is 32.6 Å². The van der Waals surface area contributed by atoms with Gasteiger partial charge in [-0.3, -0.25) is 9.59 Å². The van der Waals surface area contributed by atoms with Crippen molar-refractivity contribution in [3.05, 3.63) is 93.5 Å². The summed E-state index contributed by atoms with van der Waals surface area (Å²) >= 11 is 0. The van der Waals surface area contributed by atoms with Crippen LogP contribution in [0, 0.1) is 13.8 Å². The van der Waals surface area contributed by atoms with E-state index in [-0.39, 0.29) is 17.0 Å². The minimum Gasteiger partial charge on any atom is -0.507 e. The molecule has 0 aliphatic rings. The van der Waals surface area contributed by atoms with Gasteiger partial charge in [0.2, 0.25) is 10.0 Å². The summed E-state index contributed by atoms with van der Waals surface area (Å²) < 4.78 is 27.3. The number of aromatic carboxylic acids is 2. The summed E-state index contributed by atoms with van der Waals surface area (Å²) in [6.45, 7) is 5.45. The average molecular weight is 629 g/mol. The van der Waals surface area contributed by atoms with E-state index in [4.69, 9.17) is 15.3 Å². The fourth-order valence-corrected chi connectivity index (χ4v) is 4.98. The van der Waals surface area contributed by atoms with E-state index in [2.05, 4.69) is 17.0 Å². The van der Waals surface area contributed by atoms with Crippen LogP contribution in [0.3, 0.4) is 0 Å². The normalized spacial score (nSPS) is 11.4. The van der Waals surface area contributed by atoms with E-state index in [9.17, 15) is 37.5 Å². The second-order valence-corrected chi connectivity index (χ2v) is 11.3. The summed E-state index contributed by atoms with van der Waals surface area (Å²) in [5.74, 6) is -4.82. The van der Waals surface area contributed by atoms with Crippen molar-refractivity contribution in [2.75, 3.05) is 0 Å². The van der Waals surface area contributed by atoms with Gasteiger partial charge in [-0.2, -0.15) is 0 Å². The Morgan fingerprint density at radius 2 is 1.43 bits per heavy atom. The number of hydrogen-bond donors (Lipinski definition) is 6. The molecule has 0 saturated heterocycles. The SMILES string of the molecule is CCc1ccc(C(=O)O)cc1C.Cc1cc(C(=O)N[C@H](C=O)CC(=O)O)ccc1CNS(=O)(=O)c1ccc(O)c(C(=O)O)c1. The molecule has 0 unspecified atom stereocenters. The van der Waals surface area contributed by atoms with Crippen LogP contribution < -0.4 is 10.0 Å². The van der Waals surface area contributed by atoms with Crippen molar-refractivity contribution in [1.82, 2.24) is 10.0 Å². The number of aromatic hydroxyl groups is 1. The molecular formula is C30H32N2O11S. The van der Waals surface area contributed by atoms with Gasteiger partial charge >= 0.3 is 17.9 Å². The van der Waals surface area contributed by atoms with E-state index in [1.807, 2.05) is 13.0 Å². The Labute approximate surface area is 253 Å². The smallest absolute Gasteiger partial charge is 0.339 e. The number of amides is 1. The maximum Gasteiger partial charge on any atom is 0.339 e. The van der Waals surface area contributed by atoms with Crippen LogP contribution in [0.1, 0.15) is 66.7 Å². The third-order valence-electron chi connectivity index (χ3n) is 6.41. The molecule has 0 radical (unpaired) electrons. The molecule has 0 aliphatic heterocycles. The number of hydrogen-bond acceptors (Lipinski definition) is 8. The zero-order valence-electron chi connectivity index (χ0n) is 24.0. The summed E-state index contributed by atoms with van der Waals surface area (Å²) in [5, 5.41) is 38.2. The summed E-state index contributed by atoms with van der Waals surface area (Å²) in [7, 11) is -4.10. The zero-order valence-corrected chi connectivity index (χ0v) is 24.8. The summed E-state index contributed by atoms with van der Waals surface area (Å²) in [4.78, 5) is 55.1. The predicted octanol–water partition coefficient (Wildman–Crippen LogP) is 2.90. The van der Waals surface area contributed by atoms with Crippen LogP contribution in [-0.4, -0.2) is 65.0 Å². The predicted molar refractivity (Wildman–Crippen MR) is 157 cm³/mol. The molecule has 0 aromatic heterocycles. The van der Waals surface area contributed by atoms with Gasteiger partial charge in [-0.25, -0.2) is 22.7 Å². The molecule has 13 nitrogen and oxygen atoms in total. The Morgan fingerprint density at radius 1 is 0.841 bits per heavy atom. The molecule has 0 heterocycles. The number of phenols is 1. The van der Waals surface area contributed by atoms with Crippen molar-refractivity contribution < 1.29 is 52.8 Å². The van der Waals surface area contributed by atoms with Crippen molar-refractivity contribution in [3.8, 4) is 5.75 Å². The molecule has 1 atom stereocenters. The third kappa shape index (κ3) is 9.74. The van der Waals surface area contributed by atoms with Gasteiger partial charge in [0, 0.05) is 12.1 Å². The molecule has 6 N–H and O–H groups in total. The lowest BCUT2D eigenvalue weighted by atomic mass is 10.0. The molecular weight excluding hydrogens is 596 g/mol. The topological polar surface area (TPSA) is 224 Å². The highest BCUT2D eigenvalue weighted by atomic mass is 32.2. The first-order valence-electron chi connectivity index (χ1n) is 13.1. The molecule has 3 aromatic carbocycles. The second-order valence-electron chi connectivity index (χ2n) is 9.56. The van der Waals surface area contributed by atoms with Crippen molar-refractivity contribution in [3.63, 3.8) is 0 Å². The lowest BCUT2D eigenvalue weighted by molar-refractivity contribution is -0.138. The maximum absolute atomic E-state index is 12.5. The number of aryl methyl sites for hydroxylation is 3. The number of carbonyl (C=O) groups is 5. The Kier molecular flexibility index (Phi) is 12.3. The number of carbonyl (C=O) groups excluding carboxylic acids is 2. The summed E-state index contributed by atoms with van der Waals surface area (Å²) in [6, 6.07) is 11.2. The van der Waals surface area contributed by atoms with Gasteiger partial charge in [0.05, 0.1) is 22.9 Å². The number of carboxylic acids is 3. The zero-order chi connectivity index (χ0) is 33.2. The first-order chi connectivity index (χ1) is 20.6. The first-order valence-corrected chi connectivity index (χ1v) is 14.5. The molecule has 0 spiro atoms. The molecule has 44 heavy (non-hydrogen) atoms. The highest BCUT2D eigenvalue weighted by Crippen LogP contribution is 2.22. The number of rotatable bonds is 12. The summed E-state index contributed by atoms with van der Waals surface area (Å²) in [6.07, 6.45) is 0.710. The highest BCUT2D eigenvalue weighted by molar-refractivity contribution is 7.89. The van der Waals surface area contributed by atoms with Crippen LogP contribution in [0.5, 0.6) is 5.75 Å².